The summed E-state index contributed by atoms with van der Waals surface area (Å²) in [4.78, 5) is 12.2. The average Bonchev–Trinajstić information content (AvgIpc) is 3.06. The number of rotatable bonds is 4. The predicted octanol–water partition coefficient (Wildman–Crippen LogP) is 3.62. The molecule has 0 fully saturated rings. The van der Waals surface area contributed by atoms with E-state index in [1.165, 1.54) is 0 Å². The van der Waals surface area contributed by atoms with Crippen LogP contribution in [0.15, 0.2) is 34.9 Å². The Hall–Kier alpha value is -2.60. The van der Waals surface area contributed by atoms with Gasteiger partial charge in [-0.05, 0) is 45.0 Å². The first kappa shape index (κ1) is 16.3. The van der Waals surface area contributed by atoms with Gasteiger partial charge in [-0.3, -0.25) is 4.79 Å². The summed E-state index contributed by atoms with van der Waals surface area (Å²) in [6.07, 6.45) is 0.219. The molecule has 3 rings (SSSR count). The molecule has 0 aliphatic rings. The van der Waals surface area contributed by atoms with E-state index in [2.05, 4.69) is 15.6 Å². The molecule has 3 aromatic rings. The minimum Gasteiger partial charge on any atom is -0.360 e. The van der Waals surface area contributed by atoms with Crippen molar-refractivity contribution in [1.29, 1.82) is 0 Å². The van der Waals surface area contributed by atoms with Gasteiger partial charge in [0.1, 0.15) is 5.76 Å². The standard InChI is InChI=1S/C17H17ClN4O2/c1-10-8-16(21-24-10)19-17(23)9-15-11(2)20-22(12(15)3)14-6-4-13(18)5-7-14/h4-8H,9H2,1-3H3,(H,19,21,23). The fourth-order valence-corrected chi connectivity index (χ4v) is 2.66. The molecule has 6 nitrogen and oxygen atoms in total. The SMILES string of the molecule is Cc1cc(NC(=O)Cc2c(C)nn(-c3ccc(Cl)cc3)c2C)no1. The van der Waals surface area contributed by atoms with E-state index in [9.17, 15) is 4.79 Å². The van der Waals surface area contributed by atoms with E-state index in [0.717, 1.165) is 22.6 Å². The summed E-state index contributed by atoms with van der Waals surface area (Å²) < 4.78 is 6.76. The fraction of sp³-hybridized carbons (Fsp3) is 0.235. The molecule has 0 bridgehead atoms. The first-order chi connectivity index (χ1) is 11.4. The molecule has 7 heteroatoms. The maximum absolute atomic E-state index is 12.2. The van der Waals surface area contributed by atoms with Gasteiger partial charge in [0.05, 0.1) is 17.8 Å². The molecule has 0 saturated carbocycles. The van der Waals surface area contributed by atoms with Crippen LogP contribution in [0.1, 0.15) is 22.7 Å². The van der Waals surface area contributed by atoms with E-state index in [0.29, 0.717) is 16.6 Å². The zero-order chi connectivity index (χ0) is 17.3. The van der Waals surface area contributed by atoms with Gasteiger partial charge in [0, 0.05) is 22.3 Å². The van der Waals surface area contributed by atoms with Gasteiger partial charge in [0.2, 0.25) is 5.91 Å². The topological polar surface area (TPSA) is 73.0 Å². The number of aromatic nitrogens is 3. The minimum absolute atomic E-state index is 0.162. The zero-order valence-electron chi connectivity index (χ0n) is 13.6. The highest BCUT2D eigenvalue weighted by molar-refractivity contribution is 6.30. The van der Waals surface area contributed by atoms with Crippen molar-refractivity contribution in [2.75, 3.05) is 5.32 Å². The summed E-state index contributed by atoms with van der Waals surface area (Å²) in [5.41, 5.74) is 3.52. The Kier molecular flexibility index (Phi) is 4.40. The highest BCUT2D eigenvalue weighted by atomic mass is 35.5. The molecule has 0 spiro atoms. The van der Waals surface area contributed by atoms with Gasteiger partial charge in [-0.2, -0.15) is 5.10 Å². The summed E-state index contributed by atoms with van der Waals surface area (Å²) in [7, 11) is 0. The lowest BCUT2D eigenvalue weighted by molar-refractivity contribution is -0.115. The monoisotopic (exact) mass is 344 g/mol. The summed E-state index contributed by atoms with van der Waals surface area (Å²) in [6.45, 7) is 5.60. The normalized spacial score (nSPS) is 10.8. The lowest BCUT2D eigenvalue weighted by Crippen LogP contribution is -2.15. The van der Waals surface area contributed by atoms with Crippen molar-refractivity contribution >= 4 is 23.3 Å². The molecule has 124 valence electrons. The van der Waals surface area contributed by atoms with Crippen molar-refractivity contribution in [2.24, 2.45) is 0 Å². The van der Waals surface area contributed by atoms with Crippen molar-refractivity contribution in [3.05, 3.63) is 58.1 Å². The smallest absolute Gasteiger partial charge is 0.230 e. The Bertz CT molecular complexity index is 881. The largest absolute Gasteiger partial charge is 0.360 e. The molecule has 0 radical (unpaired) electrons. The van der Waals surface area contributed by atoms with Crippen LogP contribution in [0.5, 0.6) is 0 Å². The van der Waals surface area contributed by atoms with Crippen LogP contribution >= 0.6 is 11.6 Å². The number of carbonyl (C=O) groups is 1. The molecule has 2 aromatic heterocycles. The molecule has 0 unspecified atom stereocenters. The number of aryl methyl sites for hydroxylation is 2. The van der Waals surface area contributed by atoms with Gasteiger partial charge < -0.3 is 9.84 Å². The fourth-order valence-electron chi connectivity index (χ4n) is 2.54. The lowest BCUT2D eigenvalue weighted by Gasteiger charge is -2.06. The molecular weight excluding hydrogens is 328 g/mol. The minimum atomic E-state index is -0.162. The zero-order valence-corrected chi connectivity index (χ0v) is 14.4. The summed E-state index contributed by atoms with van der Waals surface area (Å²) in [5.74, 6) is 0.899. The molecule has 1 aromatic carbocycles. The third kappa shape index (κ3) is 3.33. The molecular formula is C17H17ClN4O2. The van der Waals surface area contributed by atoms with Crippen LogP contribution < -0.4 is 5.32 Å². The van der Waals surface area contributed by atoms with E-state index < -0.39 is 0 Å². The Balaban J connectivity index is 1.81. The Morgan fingerprint density at radius 3 is 2.58 bits per heavy atom. The second-order valence-corrected chi connectivity index (χ2v) is 6.02. The first-order valence-electron chi connectivity index (χ1n) is 7.48. The van der Waals surface area contributed by atoms with Gasteiger partial charge in [0.15, 0.2) is 5.82 Å². The van der Waals surface area contributed by atoms with Gasteiger partial charge in [-0.25, -0.2) is 4.68 Å². The number of carbonyl (C=O) groups excluding carboxylic acids is 1. The van der Waals surface area contributed by atoms with Gasteiger partial charge >= 0.3 is 0 Å². The van der Waals surface area contributed by atoms with Crippen LogP contribution in [-0.4, -0.2) is 20.8 Å². The van der Waals surface area contributed by atoms with Crippen LogP contribution in [0, 0.1) is 20.8 Å². The molecule has 0 atom stereocenters. The van der Waals surface area contributed by atoms with Crippen molar-refractivity contribution < 1.29 is 9.32 Å². The van der Waals surface area contributed by atoms with Gasteiger partial charge in [0.25, 0.3) is 0 Å². The molecule has 24 heavy (non-hydrogen) atoms. The number of nitrogens with zero attached hydrogens (tertiary/aromatic N) is 3. The lowest BCUT2D eigenvalue weighted by atomic mass is 10.1. The van der Waals surface area contributed by atoms with E-state index in [4.69, 9.17) is 16.1 Å². The van der Waals surface area contributed by atoms with Crippen molar-refractivity contribution in [1.82, 2.24) is 14.9 Å². The molecule has 0 saturated heterocycles. The van der Waals surface area contributed by atoms with Crippen molar-refractivity contribution in [2.45, 2.75) is 27.2 Å². The Morgan fingerprint density at radius 2 is 1.96 bits per heavy atom. The summed E-state index contributed by atoms with van der Waals surface area (Å²) in [6, 6.07) is 9.08. The number of nitrogens with one attached hydrogen (secondary N) is 1. The van der Waals surface area contributed by atoms with E-state index in [1.807, 2.05) is 42.8 Å². The number of halogens is 1. The Labute approximate surface area is 144 Å². The second-order valence-electron chi connectivity index (χ2n) is 5.59. The van der Waals surface area contributed by atoms with Crippen LogP contribution in [0.2, 0.25) is 5.02 Å². The number of benzene rings is 1. The average molecular weight is 345 g/mol. The number of hydrogen-bond acceptors (Lipinski definition) is 4. The third-order valence-electron chi connectivity index (χ3n) is 3.75. The molecule has 2 heterocycles. The predicted molar refractivity (Wildman–Crippen MR) is 91.6 cm³/mol. The van der Waals surface area contributed by atoms with Gasteiger partial charge in [-0.1, -0.05) is 16.8 Å². The second kappa shape index (κ2) is 6.49. The Morgan fingerprint density at radius 1 is 1.25 bits per heavy atom. The molecule has 1 amide bonds. The highest BCUT2D eigenvalue weighted by Gasteiger charge is 2.16. The van der Waals surface area contributed by atoms with Crippen LogP contribution in [0.4, 0.5) is 5.82 Å². The van der Waals surface area contributed by atoms with E-state index >= 15 is 0 Å². The van der Waals surface area contributed by atoms with Crippen LogP contribution in [0.3, 0.4) is 0 Å². The first-order valence-corrected chi connectivity index (χ1v) is 7.86. The van der Waals surface area contributed by atoms with Gasteiger partial charge in [-0.15, -0.1) is 0 Å². The quantitative estimate of drug-likeness (QED) is 0.784. The number of anilines is 1. The molecule has 0 aliphatic heterocycles. The van der Waals surface area contributed by atoms with Crippen molar-refractivity contribution in [3.8, 4) is 5.69 Å². The molecule has 1 N–H and O–H groups in total. The molecule has 0 aliphatic carbocycles. The summed E-state index contributed by atoms with van der Waals surface area (Å²) in [5, 5.41) is 11.7. The highest BCUT2D eigenvalue weighted by Crippen LogP contribution is 2.20. The van der Waals surface area contributed by atoms with Crippen LogP contribution in [-0.2, 0) is 11.2 Å². The number of hydrogen-bond donors (Lipinski definition) is 1. The van der Waals surface area contributed by atoms with Crippen LogP contribution in [0.25, 0.3) is 5.69 Å². The maximum atomic E-state index is 12.2. The third-order valence-corrected chi connectivity index (χ3v) is 4.00. The van der Waals surface area contributed by atoms with E-state index in [-0.39, 0.29) is 12.3 Å². The van der Waals surface area contributed by atoms with E-state index in [1.54, 1.807) is 13.0 Å². The number of amides is 1. The summed E-state index contributed by atoms with van der Waals surface area (Å²) >= 11 is 5.93. The van der Waals surface area contributed by atoms with Crippen molar-refractivity contribution in [3.63, 3.8) is 0 Å². The maximum Gasteiger partial charge on any atom is 0.230 e.